The lowest BCUT2D eigenvalue weighted by Gasteiger charge is -2.21. The number of carbonyl (C=O) groups excluding carboxylic acids is 3. The Hall–Kier alpha value is -1.70. The summed E-state index contributed by atoms with van der Waals surface area (Å²) in [5.74, 6) is -1.62. The summed E-state index contributed by atoms with van der Waals surface area (Å²) < 4.78 is 31.4. The van der Waals surface area contributed by atoms with Gasteiger partial charge in [0, 0.05) is 13.5 Å². The molecule has 0 aromatic rings. The summed E-state index contributed by atoms with van der Waals surface area (Å²) in [5.41, 5.74) is 8.35. The molecule has 24 heavy (non-hydrogen) atoms. The lowest BCUT2D eigenvalue weighted by molar-refractivity contribution is -0.152. The minimum atomic E-state index is -2.78. The van der Waals surface area contributed by atoms with Crippen LogP contribution in [0, 0.1) is 0 Å². The summed E-state index contributed by atoms with van der Waals surface area (Å²) in [4.78, 5) is 38.7. The molecule has 1 amide bonds. The number of thioether (sulfide) groups is 1. The van der Waals surface area contributed by atoms with Crippen molar-refractivity contribution in [3.05, 3.63) is 5.53 Å². The molecule has 0 unspecified atom stereocenters. The second-order valence-electron chi connectivity index (χ2n) is 5.18. The second-order valence-corrected chi connectivity index (χ2v) is 6.17. The molecule has 0 aliphatic heterocycles. The van der Waals surface area contributed by atoms with Crippen LogP contribution in [-0.4, -0.2) is 66.0 Å². The Morgan fingerprint density at radius 1 is 1.38 bits per heavy atom. The van der Waals surface area contributed by atoms with Crippen molar-refractivity contribution < 1.29 is 32.8 Å². The number of nitrogens with zero attached hydrogens (tertiary/aromatic N) is 2. The molecule has 1 N–H and O–H groups in total. The highest BCUT2D eigenvalue weighted by molar-refractivity contribution is 7.98. The van der Waals surface area contributed by atoms with Crippen LogP contribution in [0.25, 0.3) is 5.53 Å². The van der Waals surface area contributed by atoms with E-state index >= 15 is 0 Å². The number of carbonyl (C=O) groups is 3. The molecule has 0 bridgehead atoms. The minimum absolute atomic E-state index is 0.106. The molecule has 8 nitrogen and oxygen atoms in total. The quantitative estimate of drug-likeness (QED) is 0.238. The molecule has 0 radical (unpaired) electrons. The van der Waals surface area contributed by atoms with E-state index in [0.717, 1.165) is 0 Å². The SMILES string of the molecule is [2H]C([2H])([2H])O[C@@H](CCSC)C(=O)N[C@@H](CCC(=O)C=[N+]=[N-])C(=O)OC(C)C. The maximum absolute atomic E-state index is 12.4. The Bertz CT molecular complexity index is 565. The highest BCUT2D eigenvalue weighted by Gasteiger charge is 2.27. The van der Waals surface area contributed by atoms with Crippen LogP contribution in [0.4, 0.5) is 0 Å². The molecular weight excluding hydrogens is 334 g/mol. The lowest BCUT2D eigenvalue weighted by Crippen LogP contribution is -2.47. The van der Waals surface area contributed by atoms with Gasteiger partial charge in [-0.25, -0.2) is 4.79 Å². The Balaban J connectivity index is 5.19. The van der Waals surface area contributed by atoms with Crippen LogP contribution < -0.4 is 5.32 Å². The molecular formula is C15H25N3O5S. The fourth-order valence-electron chi connectivity index (χ4n) is 1.71. The fraction of sp³-hybridized carbons (Fsp3) is 0.733. The molecule has 0 aromatic heterocycles. The third-order valence-electron chi connectivity index (χ3n) is 2.85. The predicted octanol–water partition coefficient (Wildman–Crippen LogP) is 0.841. The van der Waals surface area contributed by atoms with Gasteiger partial charge in [-0.05, 0) is 38.7 Å². The van der Waals surface area contributed by atoms with Crippen molar-refractivity contribution in [1.29, 1.82) is 0 Å². The number of methoxy groups -OCH3 is 1. The first-order chi connectivity index (χ1) is 12.5. The van der Waals surface area contributed by atoms with Gasteiger partial charge in [0.25, 0.3) is 0 Å². The average molecular weight is 362 g/mol. The number of amides is 1. The molecule has 0 rings (SSSR count). The zero-order chi connectivity index (χ0) is 21.0. The molecule has 0 aromatic carbocycles. The van der Waals surface area contributed by atoms with Gasteiger partial charge in [-0.3, -0.25) is 9.59 Å². The molecule has 9 heteroatoms. The zero-order valence-electron chi connectivity index (χ0n) is 17.0. The van der Waals surface area contributed by atoms with Crippen molar-refractivity contribution in [2.45, 2.75) is 51.4 Å². The third kappa shape index (κ3) is 9.44. The number of ether oxygens (including phenoxy) is 2. The van der Waals surface area contributed by atoms with Crippen molar-refractivity contribution in [2.75, 3.05) is 19.0 Å². The van der Waals surface area contributed by atoms with Crippen molar-refractivity contribution >= 4 is 35.6 Å². The van der Waals surface area contributed by atoms with Crippen LogP contribution >= 0.6 is 11.8 Å². The molecule has 0 aliphatic rings. The van der Waals surface area contributed by atoms with Gasteiger partial charge < -0.3 is 20.3 Å². The lowest BCUT2D eigenvalue weighted by atomic mass is 10.1. The number of nitrogens with one attached hydrogen (secondary N) is 1. The van der Waals surface area contributed by atoms with Crippen molar-refractivity contribution in [1.82, 2.24) is 5.32 Å². The number of ketones is 1. The molecule has 0 spiro atoms. The Morgan fingerprint density at radius 3 is 2.62 bits per heavy atom. The van der Waals surface area contributed by atoms with E-state index in [1.54, 1.807) is 20.1 Å². The first-order valence-electron chi connectivity index (χ1n) is 8.88. The number of rotatable bonds is 12. The summed E-state index contributed by atoms with van der Waals surface area (Å²) in [6.07, 6.45) is 0.593. The van der Waals surface area contributed by atoms with E-state index < -0.39 is 42.9 Å². The van der Waals surface area contributed by atoms with E-state index in [4.69, 9.17) is 19.1 Å². The molecule has 0 saturated carbocycles. The predicted molar refractivity (Wildman–Crippen MR) is 90.9 cm³/mol. The van der Waals surface area contributed by atoms with Gasteiger partial charge in [0.15, 0.2) is 0 Å². The normalized spacial score (nSPS) is 15.2. The standard InChI is InChI=1S/C15H25N3O5S/c1-10(2)23-15(21)12(6-5-11(19)9-17-16)18-14(20)13(22-3)7-8-24-4/h9-10,12-13H,5-8H2,1-4H3,(H,18,20)/t12-,13-/m0/s1/i3D3. The average Bonchev–Trinajstić information content (AvgIpc) is 2.53. The van der Waals surface area contributed by atoms with Crippen LogP contribution in [0.3, 0.4) is 0 Å². The topological polar surface area (TPSA) is 118 Å². The highest BCUT2D eigenvalue weighted by atomic mass is 32.2. The summed E-state index contributed by atoms with van der Waals surface area (Å²) >= 11 is 1.41. The van der Waals surface area contributed by atoms with Crippen LogP contribution in [0.15, 0.2) is 0 Å². The van der Waals surface area contributed by atoms with Gasteiger partial charge in [-0.15, -0.1) is 0 Å². The fourth-order valence-corrected chi connectivity index (χ4v) is 2.16. The zero-order valence-corrected chi connectivity index (χ0v) is 14.8. The van der Waals surface area contributed by atoms with Crippen molar-refractivity contribution in [2.24, 2.45) is 0 Å². The molecule has 2 atom stereocenters. The van der Waals surface area contributed by atoms with Crippen molar-refractivity contribution in [3.8, 4) is 0 Å². The maximum atomic E-state index is 12.4. The Kier molecular flexibility index (Phi) is 9.06. The van der Waals surface area contributed by atoms with Crippen LogP contribution in [0.5, 0.6) is 0 Å². The van der Waals surface area contributed by atoms with Crippen LogP contribution in [0.1, 0.15) is 37.2 Å². The van der Waals surface area contributed by atoms with E-state index in [9.17, 15) is 14.4 Å². The third-order valence-corrected chi connectivity index (χ3v) is 3.50. The molecule has 0 fully saturated rings. The van der Waals surface area contributed by atoms with Crippen molar-refractivity contribution in [3.63, 3.8) is 0 Å². The first-order valence-corrected chi connectivity index (χ1v) is 8.77. The van der Waals surface area contributed by atoms with Gasteiger partial charge >= 0.3 is 12.2 Å². The van der Waals surface area contributed by atoms with Gasteiger partial charge in [-0.2, -0.15) is 16.6 Å². The monoisotopic (exact) mass is 362 g/mol. The Labute approximate surface area is 150 Å². The van der Waals surface area contributed by atoms with E-state index in [1.165, 1.54) is 11.8 Å². The number of Topliss-reactive ketones (excluding diaryl/α,β-unsaturated/α-hetero) is 1. The Morgan fingerprint density at radius 2 is 2.08 bits per heavy atom. The van der Waals surface area contributed by atoms with E-state index in [2.05, 4.69) is 10.1 Å². The molecule has 136 valence electrons. The summed E-state index contributed by atoms with van der Waals surface area (Å²) in [5, 5.41) is 2.39. The maximum Gasteiger partial charge on any atom is 0.328 e. The number of esters is 1. The number of hydrogen-bond donors (Lipinski definition) is 1. The van der Waals surface area contributed by atoms with Gasteiger partial charge in [0.2, 0.25) is 11.7 Å². The summed E-state index contributed by atoms with van der Waals surface area (Å²) in [6, 6.07) is -1.17. The van der Waals surface area contributed by atoms with E-state index in [1.807, 2.05) is 0 Å². The van der Waals surface area contributed by atoms with Gasteiger partial charge in [0.1, 0.15) is 12.1 Å². The highest BCUT2D eigenvalue weighted by Crippen LogP contribution is 2.07. The molecule has 0 aliphatic carbocycles. The van der Waals surface area contributed by atoms with Gasteiger partial charge in [-0.1, -0.05) is 0 Å². The smallest absolute Gasteiger partial charge is 0.328 e. The molecule has 0 heterocycles. The summed E-state index contributed by atoms with van der Waals surface area (Å²) in [6.45, 7) is 3.25. The number of hydrogen-bond acceptors (Lipinski definition) is 6. The minimum Gasteiger partial charge on any atom is -0.461 e. The molecule has 0 saturated heterocycles. The largest absolute Gasteiger partial charge is 0.461 e. The summed E-state index contributed by atoms with van der Waals surface area (Å²) in [7, 11) is -2.78. The van der Waals surface area contributed by atoms with Gasteiger partial charge in [0.05, 0.1) is 10.2 Å². The second kappa shape index (κ2) is 12.7. The van der Waals surface area contributed by atoms with Crippen LogP contribution in [0.2, 0.25) is 0 Å². The first kappa shape index (κ1) is 17.1. The van der Waals surface area contributed by atoms with E-state index in [0.29, 0.717) is 12.0 Å². The van der Waals surface area contributed by atoms with E-state index in [-0.39, 0.29) is 19.3 Å². The van der Waals surface area contributed by atoms with Crippen LogP contribution in [-0.2, 0) is 23.9 Å².